The molecular weight excluding hydrogens is 330 g/mol. The minimum Gasteiger partial charge on any atom is -0.310 e. The summed E-state index contributed by atoms with van der Waals surface area (Å²) in [5, 5.41) is 7.68. The van der Waals surface area contributed by atoms with Crippen molar-refractivity contribution in [3.63, 3.8) is 0 Å². The fraction of sp³-hybridized carbons (Fsp3) is 0.750. The first-order chi connectivity index (χ1) is 8.95. The van der Waals surface area contributed by atoms with E-state index in [4.69, 9.17) is 0 Å². The zero-order valence-electron chi connectivity index (χ0n) is 11.7. The molecule has 0 saturated heterocycles. The quantitative estimate of drug-likeness (QED) is 0.724. The predicted octanol–water partition coefficient (Wildman–Crippen LogP) is 1.75. The monoisotopic (exact) mass is 351 g/mol. The summed E-state index contributed by atoms with van der Waals surface area (Å²) in [5.74, 6) is 0.382. The molecule has 0 atom stereocenters. The fourth-order valence-corrected chi connectivity index (χ4v) is 3.21. The van der Waals surface area contributed by atoms with Crippen LogP contribution < -0.4 is 5.32 Å². The Morgan fingerprint density at radius 1 is 1.32 bits per heavy atom. The lowest BCUT2D eigenvalue weighted by molar-refractivity contribution is 0.575. The Balaban J connectivity index is 2.60. The van der Waals surface area contributed by atoms with Crippen LogP contribution in [0, 0.1) is 0 Å². The summed E-state index contributed by atoms with van der Waals surface area (Å²) in [4.78, 5) is 0. The third-order valence-electron chi connectivity index (χ3n) is 3.02. The second-order valence-electron chi connectivity index (χ2n) is 4.29. The molecule has 0 aliphatic carbocycles. The normalized spacial score (nSPS) is 12.0. The van der Waals surface area contributed by atoms with Gasteiger partial charge < -0.3 is 5.32 Å². The summed E-state index contributed by atoms with van der Waals surface area (Å²) in [6.45, 7) is 7.69. The molecule has 1 heterocycles. The first-order valence-corrected chi connectivity index (χ1v) is 9.21. The number of hydrogen-bond acceptors (Lipinski definition) is 4. The lowest BCUT2D eigenvalue weighted by Crippen LogP contribution is -2.24. The van der Waals surface area contributed by atoms with Crippen LogP contribution in [0.5, 0.6) is 0 Å². The van der Waals surface area contributed by atoms with Crippen LogP contribution in [0.2, 0.25) is 0 Å². The number of sulfone groups is 1. The zero-order valence-corrected chi connectivity index (χ0v) is 14.1. The lowest BCUT2D eigenvalue weighted by atomic mass is 10.3. The summed E-state index contributed by atoms with van der Waals surface area (Å²) >= 11 is 3.57. The highest BCUT2D eigenvalue weighted by Crippen LogP contribution is 2.22. The van der Waals surface area contributed by atoms with Crippen molar-refractivity contribution in [2.75, 3.05) is 18.1 Å². The molecule has 7 heteroatoms. The van der Waals surface area contributed by atoms with Gasteiger partial charge in [0.1, 0.15) is 0 Å². The van der Waals surface area contributed by atoms with Crippen molar-refractivity contribution in [2.24, 2.45) is 0 Å². The standard InChI is InChI=1S/C12H22BrN3O2S/c1-4-10-12(13)11(16(5-2)15-10)9-14-7-8-19(17,18)6-3/h14H,4-9H2,1-3H3. The van der Waals surface area contributed by atoms with Crippen LogP contribution in [0.15, 0.2) is 4.47 Å². The van der Waals surface area contributed by atoms with Crippen LogP contribution >= 0.6 is 15.9 Å². The van der Waals surface area contributed by atoms with Crippen LogP contribution in [-0.2, 0) is 29.3 Å². The highest BCUT2D eigenvalue weighted by molar-refractivity contribution is 9.10. The van der Waals surface area contributed by atoms with Crippen molar-refractivity contribution < 1.29 is 8.42 Å². The van der Waals surface area contributed by atoms with E-state index < -0.39 is 9.84 Å². The SMILES string of the molecule is CCc1nn(CC)c(CNCCS(=O)(=O)CC)c1Br. The van der Waals surface area contributed by atoms with Crippen molar-refractivity contribution in [3.05, 3.63) is 15.9 Å². The Hall–Kier alpha value is -0.400. The van der Waals surface area contributed by atoms with Crippen molar-refractivity contribution in [1.82, 2.24) is 15.1 Å². The van der Waals surface area contributed by atoms with E-state index >= 15 is 0 Å². The third kappa shape index (κ3) is 4.57. The number of rotatable bonds is 8. The molecule has 1 aromatic rings. The summed E-state index contributed by atoms with van der Waals surface area (Å²) < 4.78 is 25.7. The summed E-state index contributed by atoms with van der Waals surface area (Å²) in [5.41, 5.74) is 2.12. The second kappa shape index (κ2) is 7.40. The molecular formula is C12H22BrN3O2S. The zero-order chi connectivity index (χ0) is 14.5. The Labute approximate surface area is 123 Å². The number of halogens is 1. The summed E-state index contributed by atoms with van der Waals surface area (Å²) in [7, 11) is -2.90. The van der Waals surface area contributed by atoms with E-state index in [0.29, 0.717) is 13.1 Å². The molecule has 0 aliphatic rings. The van der Waals surface area contributed by atoms with Crippen LogP contribution in [0.1, 0.15) is 32.2 Å². The topological polar surface area (TPSA) is 64.0 Å². The number of nitrogens with zero attached hydrogens (tertiary/aromatic N) is 2. The van der Waals surface area contributed by atoms with Gasteiger partial charge in [0.15, 0.2) is 9.84 Å². The summed E-state index contributed by atoms with van der Waals surface area (Å²) in [6.07, 6.45) is 0.880. The lowest BCUT2D eigenvalue weighted by Gasteiger charge is -2.07. The van der Waals surface area contributed by atoms with Crippen LogP contribution in [0.4, 0.5) is 0 Å². The first-order valence-electron chi connectivity index (χ1n) is 6.60. The minimum absolute atomic E-state index is 0.183. The van der Waals surface area contributed by atoms with Crippen molar-refractivity contribution in [2.45, 2.75) is 40.3 Å². The maximum Gasteiger partial charge on any atom is 0.151 e. The molecule has 0 aliphatic heterocycles. The highest BCUT2D eigenvalue weighted by Gasteiger charge is 2.13. The molecule has 0 amide bonds. The molecule has 5 nitrogen and oxygen atoms in total. The van der Waals surface area contributed by atoms with Crippen molar-refractivity contribution >= 4 is 25.8 Å². The maximum atomic E-state index is 11.4. The second-order valence-corrected chi connectivity index (χ2v) is 7.56. The molecule has 0 unspecified atom stereocenters. The van der Waals surface area contributed by atoms with Gasteiger partial charge >= 0.3 is 0 Å². The highest BCUT2D eigenvalue weighted by atomic mass is 79.9. The molecule has 1 rings (SSSR count). The van der Waals surface area contributed by atoms with E-state index in [1.807, 2.05) is 11.6 Å². The largest absolute Gasteiger partial charge is 0.310 e. The molecule has 1 aromatic heterocycles. The number of hydrogen-bond donors (Lipinski definition) is 1. The number of aromatic nitrogens is 2. The Kier molecular flexibility index (Phi) is 6.49. The van der Waals surface area contributed by atoms with Crippen molar-refractivity contribution in [3.8, 4) is 0 Å². The molecule has 0 bridgehead atoms. The molecule has 0 saturated carbocycles. The van der Waals surface area contributed by atoms with Gasteiger partial charge in [0.05, 0.1) is 21.6 Å². The van der Waals surface area contributed by atoms with Gasteiger partial charge in [-0.25, -0.2) is 8.42 Å². The van der Waals surface area contributed by atoms with E-state index in [1.165, 1.54) is 0 Å². The van der Waals surface area contributed by atoms with Gasteiger partial charge in [-0.1, -0.05) is 13.8 Å². The van der Waals surface area contributed by atoms with E-state index in [2.05, 4.69) is 33.3 Å². The van der Waals surface area contributed by atoms with Gasteiger partial charge in [0.2, 0.25) is 0 Å². The number of aryl methyl sites for hydroxylation is 2. The Morgan fingerprint density at radius 2 is 2.00 bits per heavy atom. The molecule has 0 aromatic carbocycles. The van der Waals surface area contributed by atoms with Crippen molar-refractivity contribution in [1.29, 1.82) is 0 Å². The van der Waals surface area contributed by atoms with E-state index in [1.54, 1.807) is 6.92 Å². The molecule has 19 heavy (non-hydrogen) atoms. The average molecular weight is 352 g/mol. The molecule has 0 radical (unpaired) electrons. The van der Waals surface area contributed by atoms with Gasteiger partial charge in [-0.15, -0.1) is 0 Å². The minimum atomic E-state index is -2.90. The molecule has 1 N–H and O–H groups in total. The molecule has 0 spiro atoms. The van der Waals surface area contributed by atoms with Crippen LogP contribution in [0.25, 0.3) is 0 Å². The van der Waals surface area contributed by atoms with Gasteiger partial charge in [-0.2, -0.15) is 5.10 Å². The third-order valence-corrected chi connectivity index (χ3v) is 5.64. The van der Waals surface area contributed by atoms with Gasteiger partial charge in [-0.05, 0) is 29.3 Å². The van der Waals surface area contributed by atoms with Gasteiger partial charge in [0.25, 0.3) is 0 Å². The number of nitrogens with one attached hydrogen (secondary N) is 1. The molecule has 110 valence electrons. The Morgan fingerprint density at radius 3 is 2.53 bits per heavy atom. The summed E-state index contributed by atoms with van der Waals surface area (Å²) in [6, 6.07) is 0. The van der Waals surface area contributed by atoms with Gasteiger partial charge in [-0.3, -0.25) is 4.68 Å². The predicted molar refractivity (Wildman–Crippen MR) is 81.0 cm³/mol. The average Bonchev–Trinajstić information content (AvgIpc) is 2.71. The Bertz CT molecular complexity index is 511. The van der Waals surface area contributed by atoms with Crippen LogP contribution in [-0.4, -0.2) is 36.2 Å². The molecule has 0 fully saturated rings. The van der Waals surface area contributed by atoms with E-state index in [9.17, 15) is 8.42 Å². The van der Waals surface area contributed by atoms with Crippen LogP contribution in [0.3, 0.4) is 0 Å². The smallest absolute Gasteiger partial charge is 0.151 e. The first kappa shape index (κ1) is 16.7. The van der Waals surface area contributed by atoms with E-state index in [0.717, 1.165) is 28.8 Å². The van der Waals surface area contributed by atoms with Gasteiger partial charge in [0, 0.05) is 25.4 Å². The fourth-order valence-electron chi connectivity index (χ4n) is 1.76. The van der Waals surface area contributed by atoms with E-state index in [-0.39, 0.29) is 11.5 Å². The maximum absolute atomic E-state index is 11.4.